The van der Waals surface area contributed by atoms with E-state index in [1.54, 1.807) is 12.3 Å². The SMILES string of the molecule is CCC(C)(C)Oc1ccnc(OC(C)(C)CC)n1. The highest BCUT2D eigenvalue weighted by molar-refractivity contribution is 5.12. The van der Waals surface area contributed by atoms with E-state index in [1.165, 1.54) is 0 Å². The second-order valence-corrected chi connectivity index (χ2v) is 5.61. The van der Waals surface area contributed by atoms with Gasteiger partial charge in [-0.15, -0.1) is 0 Å². The Balaban J connectivity index is 2.80. The number of aromatic nitrogens is 2. The molecule has 0 aliphatic carbocycles. The normalized spacial score (nSPS) is 12.3. The third kappa shape index (κ3) is 4.51. The van der Waals surface area contributed by atoms with E-state index in [2.05, 4.69) is 23.8 Å². The van der Waals surface area contributed by atoms with E-state index in [9.17, 15) is 0 Å². The van der Waals surface area contributed by atoms with Gasteiger partial charge >= 0.3 is 6.01 Å². The van der Waals surface area contributed by atoms with Gasteiger partial charge in [0.1, 0.15) is 11.2 Å². The molecule has 0 radical (unpaired) electrons. The summed E-state index contributed by atoms with van der Waals surface area (Å²) in [5.74, 6) is 0.554. The zero-order valence-corrected chi connectivity index (χ0v) is 12.3. The Morgan fingerprint density at radius 3 is 2.11 bits per heavy atom. The molecule has 0 saturated heterocycles. The maximum atomic E-state index is 5.81. The van der Waals surface area contributed by atoms with Crippen LogP contribution in [0.1, 0.15) is 54.4 Å². The maximum absolute atomic E-state index is 5.81. The molecule has 0 N–H and O–H groups in total. The molecule has 1 rings (SSSR count). The van der Waals surface area contributed by atoms with Gasteiger partial charge in [0.25, 0.3) is 0 Å². The van der Waals surface area contributed by atoms with Gasteiger partial charge in [-0.3, -0.25) is 0 Å². The molecule has 0 aliphatic heterocycles. The van der Waals surface area contributed by atoms with Gasteiger partial charge in [0.2, 0.25) is 5.88 Å². The van der Waals surface area contributed by atoms with Crippen molar-refractivity contribution in [3.8, 4) is 11.9 Å². The lowest BCUT2D eigenvalue weighted by Crippen LogP contribution is -2.29. The van der Waals surface area contributed by atoms with Crippen LogP contribution in [0, 0.1) is 0 Å². The van der Waals surface area contributed by atoms with Crippen molar-refractivity contribution in [1.29, 1.82) is 0 Å². The van der Waals surface area contributed by atoms with Crippen molar-refractivity contribution in [3.63, 3.8) is 0 Å². The van der Waals surface area contributed by atoms with Crippen LogP contribution in [0.3, 0.4) is 0 Å². The second kappa shape index (κ2) is 5.55. The molecule has 0 aliphatic rings. The molecule has 4 heteroatoms. The first-order valence-electron chi connectivity index (χ1n) is 6.49. The van der Waals surface area contributed by atoms with Crippen LogP contribution >= 0.6 is 0 Å². The van der Waals surface area contributed by atoms with Crippen molar-refractivity contribution in [3.05, 3.63) is 12.3 Å². The predicted molar refractivity (Wildman–Crippen MR) is 72.0 cm³/mol. The number of hydrogen-bond acceptors (Lipinski definition) is 4. The Labute approximate surface area is 110 Å². The maximum Gasteiger partial charge on any atom is 0.320 e. The van der Waals surface area contributed by atoms with E-state index in [4.69, 9.17) is 9.47 Å². The van der Waals surface area contributed by atoms with Crippen LogP contribution in [-0.4, -0.2) is 21.2 Å². The van der Waals surface area contributed by atoms with Crippen LogP contribution in [0.2, 0.25) is 0 Å². The fourth-order valence-corrected chi connectivity index (χ4v) is 1.11. The molecule has 1 aromatic heterocycles. The van der Waals surface area contributed by atoms with Gasteiger partial charge < -0.3 is 9.47 Å². The number of ether oxygens (including phenoxy) is 2. The second-order valence-electron chi connectivity index (χ2n) is 5.61. The molecule has 0 unspecified atom stereocenters. The molecule has 1 aromatic rings. The first-order valence-corrected chi connectivity index (χ1v) is 6.49. The number of hydrogen-bond donors (Lipinski definition) is 0. The summed E-state index contributed by atoms with van der Waals surface area (Å²) in [7, 11) is 0. The van der Waals surface area contributed by atoms with Crippen LogP contribution in [0.15, 0.2) is 12.3 Å². The van der Waals surface area contributed by atoms with E-state index >= 15 is 0 Å². The van der Waals surface area contributed by atoms with Crippen molar-refractivity contribution in [1.82, 2.24) is 9.97 Å². The van der Waals surface area contributed by atoms with Gasteiger partial charge in [0, 0.05) is 12.3 Å². The summed E-state index contributed by atoms with van der Waals surface area (Å²) in [6, 6.07) is 2.12. The van der Waals surface area contributed by atoms with Crippen molar-refractivity contribution in [2.75, 3.05) is 0 Å². The smallest absolute Gasteiger partial charge is 0.320 e. The summed E-state index contributed by atoms with van der Waals surface area (Å²) in [5, 5.41) is 0. The molecule has 0 atom stereocenters. The Kier molecular flexibility index (Phi) is 4.54. The molecule has 0 saturated carbocycles. The fourth-order valence-electron chi connectivity index (χ4n) is 1.11. The van der Waals surface area contributed by atoms with Gasteiger partial charge in [-0.1, -0.05) is 13.8 Å². The van der Waals surface area contributed by atoms with Crippen molar-refractivity contribution >= 4 is 0 Å². The highest BCUT2D eigenvalue weighted by atomic mass is 16.5. The third-order valence-electron chi connectivity index (χ3n) is 3.06. The minimum atomic E-state index is -0.265. The molecular weight excluding hydrogens is 228 g/mol. The zero-order chi connectivity index (χ0) is 13.8. The van der Waals surface area contributed by atoms with Crippen LogP contribution in [0.4, 0.5) is 0 Å². The molecule has 0 bridgehead atoms. The molecule has 4 nitrogen and oxygen atoms in total. The van der Waals surface area contributed by atoms with Gasteiger partial charge in [0.15, 0.2) is 0 Å². The van der Waals surface area contributed by atoms with E-state index < -0.39 is 0 Å². The van der Waals surface area contributed by atoms with Gasteiger partial charge in [0.05, 0.1) is 0 Å². The van der Waals surface area contributed by atoms with Crippen LogP contribution in [0.25, 0.3) is 0 Å². The van der Waals surface area contributed by atoms with Crippen molar-refractivity contribution in [2.45, 2.75) is 65.6 Å². The highest BCUT2D eigenvalue weighted by Gasteiger charge is 2.21. The van der Waals surface area contributed by atoms with Gasteiger partial charge in [-0.25, -0.2) is 4.98 Å². The summed E-state index contributed by atoms with van der Waals surface area (Å²) in [5.41, 5.74) is -0.495. The Morgan fingerprint density at radius 1 is 1.00 bits per heavy atom. The minimum Gasteiger partial charge on any atom is -0.471 e. The predicted octanol–water partition coefficient (Wildman–Crippen LogP) is 3.61. The first kappa shape index (κ1) is 14.7. The lowest BCUT2D eigenvalue weighted by molar-refractivity contribution is 0.0798. The number of rotatable bonds is 6. The van der Waals surface area contributed by atoms with Crippen LogP contribution in [0.5, 0.6) is 11.9 Å². The van der Waals surface area contributed by atoms with Crippen molar-refractivity contribution < 1.29 is 9.47 Å². The lowest BCUT2D eigenvalue weighted by Gasteiger charge is -2.25. The highest BCUT2D eigenvalue weighted by Crippen LogP contribution is 2.22. The molecule has 0 fully saturated rings. The number of nitrogens with zero attached hydrogens (tertiary/aromatic N) is 2. The van der Waals surface area contributed by atoms with Crippen molar-refractivity contribution in [2.24, 2.45) is 0 Å². The van der Waals surface area contributed by atoms with E-state index in [0.29, 0.717) is 11.9 Å². The average molecular weight is 252 g/mol. The molecule has 0 aromatic carbocycles. The monoisotopic (exact) mass is 252 g/mol. The van der Waals surface area contributed by atoms with Crippen LogP contribution in [-0.2, 0) is 0 Å². The minimum absolute atomic E-state index is 0.230. The molecule has 18 heavy (non-hydrogen) atoms. The van der Waals surface area contributed by atoms with E-state index in [1.807, 2.05) is 27.7 Å². The zero-order valence-electron chi connectivity index (χ0n) is 12.3. The summed E-state index contributed by atoms with van der Waals surface area (Å²) in [6.07, 6.45) is 3.46. The molecular formula is C14H24N2O2. The lowest BCUT2D eigenvalue weighted by atomic mass is 10.1. The fraction of sp³-hybridized carbons (Fsp3) is 0.714. The summed E-state index contributed by atoms with van der Waals surface area (Å²) in [4.78, 5) is 8.40. The van der Waals surface area contributed by atoms with Gasteiger partial charge in [-0.05, 0) is 40.5 Å². The standard InChI is InChI=1S/C14H24N2O2/c1-7-13(3,4)17-11-9-10-15-12(16-11)18-14(5,6)8-2/h9-10H,7-8H2,1-6H3. The molecule has 0 amide bonds. The molecule has 102 valence electrons. The Bertz CT molecular complexity index is 356. The van der Waals surface area contributed by atoms with Crippen LogP contribution < -0.4 is 9.47 Å². The largest absolute Gasteiger partial charge is 0.471 e. The average Bonchev–Trinajstić information content (AvgIpc) is 2.28. The van der Waals surface area contributed by atoms with Gasteiger partial charge in [-0.2, -0.15) is 4.98 Å². The Hall–Kier alpha value is -1.32. The third-order valence-corrected chi connectivity index (χ3v) is 3.06. The summed E-state index contributed by atoms with van der Waals surface area (Å²) < 4.78 is 11.5. The Morgan fingerprint density at radius 2 is 1.56 bits per heavy atom. The van der Waals surface area contributed by atoms with E-state index in [0.717, 1.165) is 12.8 Å². The van der Waals surface area contributed by atoms with E-state index in [-0.39, 0.29) is 11.2 Å². The first-order chi connectivity index (χ1) is 8.28. The topological polar surface area (TPSA) is 44.2 Å². The molecule has 1 heterocycles. The summed E-state index contributed by atoms with van der Waals surface area (Å²) in [6.45, 7) is 12.2. The molecule has 0 spiro atoms. The quantitative estimate of drug-likeness (QED) is 0.775. The summed E-state index contributed by atoms with van der Waals surface area (Å²) >= 11 is 0.